The molecule has 0 saturated heterocycles. The first-order chi connectivity index (χ1) is 12.8. The van der Waals surface area contributed by atoms with Crippen molar-refractivity contribution < 1.29 is 15.1 Å². The lowest BCUT2D eigenvalue weighted by Crippen LogP contribution is -2.05. The molecule has 0 heterocycles. The zero-order valence-electron chi connectivity index (χ0n) is 14.8. The van der Waals surface area contributed by atoms with E-state index in [0.29, 0.717) is 16.7 Å². The number of hydrogen-bond acceptors (Lipinski definition) is 4. The molecule has 0 atom stereocenters. The molecule has 0 aromatic heterocycles. The Hall–Kier alpha value is -3.05. The molecule has 0 bridgehead atoms. The molecular formula is C21H18ClNO4. The number of rotatable bonds is 4. The van der Waals surface area contributed by atoms with Crippen LogP contribution in [-0.2, 0) is 0 Å². The van der Waals surface area contributed by atoms with Crippen molar-refractivity contribution in [3.05, 3.63) is 97.6 Å². The fourth-order valence-corrected chi connectivity index (χ4v) is 3.33. The van der Waals surface area contributed by atoms with Crippen LogP contribution in [0.5, 0.6) is 11.5 Å². The van der Waals surface area contributed by atoms with Gasteiger partial charge < -0.3 is 10.2 Å². The van der Waals surface area contributed by atoms with E-state index in [0.717, 1.165) is 11.1 Å². The van der Waals surface area contributed by atoms with Gasteiger partial charge in [-0.1, -0.05) is 41.9 Å². The van der Waals surface area contributed by atoms with Crippen LogP contribution in [0.25, 0.3) is 0 Å². The molecule has 2 N–H and O–H groups in total. The summed E-state index contributed by atoms with van der Waals surface area (Å²) in [7, 11) is 0. The summed E-state index contributed by atoms with van der Waals surface area (Å²) < 4.78 is 0. The molecular weight excluding hydrogens is 366 g/mol. The van der Waals surface area contributed by atoms with Gasteiger partial charge in [0.2, 0.25) is 0 Å². The zero-order chi connectivity index (χ0) is 19.7. The average Bonchev–Trinajstić information content (AvgIpc) is 2.62. The third-order valence-electron chi connectivity index (χ3n) is 4.61. The summed E-state index contributed by atoms with van der Waals surface area (Å²) in [6, 6.07) is 15.2. The summed E-state index contributed by atoms with van der Waals surface area (Å²) in [5.41, 5.74) is 3.68. The Bertz CT molecular complexity index is 981. The van der Waals surface area contributed by atoms with Crippen molar-refractivity contribution in [3.8, 4) is 11.5 Å². The van der Waals surface area contributed by atoms with E-state index in [1.165, 1.54) is 12.1 Å². The van der Waals surface area contributed by atoms with Crippen molar-refractivity contribution in [1.29, 1.82) is 0 Å². The van der Waals surface area contributed by atoms with E-state index in [1.807, 2.05) is 12.1 Å². The summed E-state index contributed by atoms with van der Waals surface area (Å²) in [5.74, 6) is 0.0440. The van der Waals surface area contributed by atoms with Gasteiger partial charge in [-0.25, -0.2) is 0 Å². The van der Waals surface area contributed by atoms with Crippen LogP contribution in [0.1, 0.15) is 33.7 Å². The molecule has 27 heavy (non-hydrogen) atoms. The van der Waals surface area contributed by atoms with E-state index in [2.05, 4.69) is 0 Å². The molecule has 0 fully saturated rings. The van der Waals surface area contributed by atoms with Crippen LogP contribution in [0.15, 0.2) is 54.6 Å². The number of nitrogens with zero attached hydrogens (tertiary/aromatic N) is 1. The maximum atomic E-state index is 11.3. The van der Waals surface area contributed by atoms with Gasteiger partial charge in [0, 0.05) is 12.0 Å². The van der Waals surface area contributed by atoms with Gasteiger partial charge >= 0.3 is 0 Å². The lowest BCUT2D eigenvalue weighted by molar-refractivity contribution is -0.384. The lowest BCUT2D eigenvalue weighted by Gasteiger charge is -2.20. The average molecular weight is 384 g/mol. The van der Waals surface area contributed by atoms with E-state index in [9.17, 15) is 20.3 Å². The van der Waals surface area contributed by atoms with Crippen LogP contribution in [0.4, 0.5) is 5.69 Å². The van der Waals surface area contributed by atoms with E-state index in [4.69, 9.17) is 11.6 Å². The van der Waals surface area contributed by atoms with Crippen LogP contribution >= 0.6 is 11.6 Å². The molecule has 0 unspecified atom stereocenters. The Balaban J connectivity index is 2.24. The Morgan fingerprint density at radius 2 is 1.30 bits per heavy atom. The summed E-state index contributed by atoms with van der Waals surface area (Å²) in [4.78, 5) is 10.8. The highest BCUT2D eigenvalue weighted by Gasteiger charge is 2.22. The van der Waals surface area contributed by atoms with E-state index >= 15 is 0 Å². The second-order valence-corrected chi connectivity index (χ2v) is 6.90. The number of nitro groups is 1. The lowest BCUT2D eigenvalue weighted by atomic mass is 9.83. The summed E-state index contributed by atoms with van der Waals surface area (Å²) in [6.07, 6.45) is 0. The number of halogens is 1. The minimum absolute atomic E-state index is 0.0753. The Morgan fingerprint density at radius 1 is 0.852 bits per heavy atom. The number of benzene rings is 3. The highest BCUT2D eigenvalue weighted by Crippen LogP contribution is 2.38. The number of nitro benzene ring substituents is 1. The van der Waals surface area contributed by atoms with Gasteiger partial charge in [-0.05, 0) is 59.9 Å². The molecule has 3 rings (SSSR count). The topological polar surface area (TPSA) is 83.6 Å². The fourth-order valence-electron chi connectivity index (χ4n) is 3.14. The molecule has 0 spiro atoms. The molecule has 138 valence electrons. The molecule has 0 aliphatic heterocycles. The van der Waals surface area contributed by atoms with Gasteiger partial charge in [-0.2, -0.15) is 0 Å². The van der Waals surface area contributed by atoms with E-state index in [-0.39, 0.29) is 28.1 Å². The van der Waals surface area contributed by atoms with Crippen molar-refractivity contribution in [1.82, 2.24) is 0 Å². The van der Waals surface area contributed by atoms with Gasteiger partial charge in [-0.15, -0.1) is 0 Å². The molecule has 0 saturated carbocycles. The molecule has 0 radical (unpaired) electrons. The molecule has 0 aliphatic carbocycles. The van der Waals surface area contributed by atoms with Crippen LogP contribution in [0.2, 0.25) is 5.02 Å². The summed E-state index contributed by atoms with van der Waals surface area (Å²) >= 11 is 5.97. The molecule has 3 aromatic carbocycles. The van der Waals surface area contributed by atoms with E-state index in [1.54, 1.807) is 44.2 Å². The highest BCUT2D eigenvalue weighted by molar-refractivity contribution is 6.32. The highest BCUT2D eigenvalue weighted by atomic mass is 35.5. The molecule has 0 aliphatic rings. The zero-order valence-corrected chi connectivity index (χ0v) is 15.6. The van der Waals surface area contributed by atoms with Crippen molar-refractivity contribution >= 4 is 17.3 Å². The standard InChI is InChI=1S/C21H18ClNO4/c1-12-9-14(4-7-19(12)24)21(15-5-8-20(25)13(2)10-15)16-3-6-17(22)18(11-16)23(26)27/h3-11,21,24-25H,1-2H3. The number of phenolic OH excluding ortho intramolecular Hbond substituents is 2. The minimum atomic E-state index is -0.507. The van der Waals surface area contributed by atoms with Crippen molar-refractivity contribution in [2.24, 2.45) is 0 Å². The first-order valence-electron chi connectivity index (χ1n) is 8.31. The van der Waals surface area contributed by atoms with Crippen molar-refractivity contribution in [2.45, 2.75) is 19.8 Å². The number of aryl methyl sites for hydroxylation is 2. The number of aromatic hydroxyl groups is 2. The summed E-state index contributed by atoms with van der Waals surface area (Å²) in [6.45, 7) is 3.59. The smallest absolute Gasteiger partial charge is 0.288 e. The fraction of sp³-hybridized carbons (Fsp3) is 0.143. The third-order valence-corrected chi connectivity index (χ3v) is 4.93. The van der Waals surface area contributed by atoms with Gasteiger partial charge in [0.1, 0.15) is 16.5 Å². The van der Waals surface area contributed by atoms with Gasteiger partial charge in [0.25, 0.3) is 5.69 Å². The number of phenols is 2. The van der Waals surface area contributed by atoms with Crippen LogP contribution in [0, 0.1) is 24.0 Å². The Labute approximate surface area is 161 Å². The van der Waals surface area contributed by atoms with Gasteiger partial charge in [0.05, 0.1) is 4.92 Å². The molecule has 3 aromatic rings. The van der Waals surface area contributed by atoms with Crippen LogP contribution in [-0.4, -0.2) is 15.1 Å². The maximum absolute atomic E-state index is 11.3. The second-order valence-electron chi connectivity index (χ2n) is 6.49. The first kappa shape index (κ1) is 18.7. The van der Waals surface area contributed by atoms with E-state index < -0.39 is 4.92 Å². The number of hydrogen-bond donors (Lipinski definition) is 2. The summed E-state index contributed by atoms with van der Waals surface area (Å²) in [5, 5.41) is 31.1. The third kappa shape index (κ3) is 3.73. The molecule has 0 amide bonds. The molecule has 5 nitrogen and oxygen atoms in total. The van der Waals surface area contributed by atoms with Crippen LogP contribution < -0.4 is 0 Å². The Morgan fingerprint density at radius 3 is 1.74 bits per heavy atom. The monoisotopic (exact) mass is 383 g/mol. The quantitative estimate of drug-likeness (QED) is 0.356. The van der Waals surface area contributed by atoms with Crippen molar-refractivity contribution in [3.63, 3.8) is 0 Å². The largest absolute Gasteiger partial charge is 0.508 e. The van der Waals surface area contributed by atoms with Gasteiger partial charge in [0.15, 0.2) is 0 Å². The van der Waals surface area contributed by atoms with Gasteiger partial charge in [-0.3, -0.25) is 10.1 Å². The first-order valence-corrected chi connectivity index (χ1v) is 8.68. The van der Waals surface area contributed by atoms with Crippen molar-refractivity contribution in [2.75, 3.05) is 0 Å². The predicted octanol–water partition coefficient (Wildman–Crippen LogP) is 5.46. The molecule has 6 heteroatoms. The Kier molecular flexibility index (Phi) is 5.06. The second kappa shape index (κ2) is 7.29. The maximum Gasteiger partial charge on any atom is 0.288 e. The SMILES string of the molecule is Cc1cc(C(c2ccc(O)c(C)c2)c2ccc(Cl)c([N+](=O)[O-])c2)ccc1O. The predicted molar refractivity (Wildman–Crippen MR) is 105 cm³/mol. The normalized spacial score (nSPS) is 11.0. The van der Waals surface area contributed by atoms with Crippen LogP contribution in [0.3, 0.4) is 0 Å². The minimum Gasteiger partial charge on any atom is -0.508 e.